The first-order chi connectivity index (χ1) is 27.0. The minimum atomic E-state index is 0.108. The van der Waals surface area contributed by atoms with Crippen molar-refractivity contribution in [2.75, 3.05) is 88.0 Å². The second-order valence-corrected chi connectivity index (χ2v) is 14.4. The van der Waals surface area contributed by atoms with Gasteiger partial charge in [-0.15, -0.1) is 11.3 Å². The number of ether oxygens (including phenoxy) is 7. The van der Waals surface area contributed by atoms with Crippen molar-refractivity contribution < 1.29 is 33.2 Å². The number of unbranched alkanes of at least 4 members (excludes halogenated alkanes) is 1. The zero-order valence-electron chi connectivity index (χ0n) is 32.6. The van der Waals surface area contributed by atoms with Gasteiger partial charge in [0.25, 0.3) is 0 Å². The Bertz CT molecular complexity index is 1930. The molecule has 0 saturated carbocycles. The lowest BCUT2D eigenvalue weighted by atomic mass is 10.1. The normalized spacial score (nSPS) is 14.3. The number of rotatable bonds is 20. The number of methoxy groups -OCH3 is 5. The molecule has 0 N–H and O–H groups in total. The largest absolute Gasteiger partial charge is 0.493 e. The van der Waals surface area contributed by atoms with Crippen molar-refractivity contribution >= 4 is 33.7 Å². The Morgan fingerprint density at radius 3 is 2.15 bits per heavy atom. The van der Waals surface area contributed by atoms with Crippen molar-refractivity contribution in [1.82, 2.24) is 14.8 Å². The van der Waals surface area contributed by atoms with E-state index < -0.39 is 0 Å². The highest BCUT2D eigenvalue weighted by molar-refractivity contribution is 7.21. The summed E-state index contributed by atoms with van der Waals surface area (Å²) >= 11 is 1.69. The second-order valence-electron chi connectivity index (χ2n) is 13.4. The highest BCUT2D eigenvalue weighted by atomic mass is 32.1. The topological polar surface area (TPSA) is 84.0 Å². The van der Waals surface area contributed by atoms with Crippen LogP contribution in [0.2, 0.25) is 0 Å². The van der Waals surface area contributed by atoms with Gasteiger partial charge in [0.2, 0.25) is 5.75 Å². The van der Waals surface area contributed by atoms with E-state index >= 15 is 0 Å². The molecule has 10 nitrogen and oxygen atoms in total. The van der Waals surface area contributed by atoms with Crippen LogP contribution in [-0.2, 0) is 4.74 Å². The van der Waals surface area contributed by atoms with E-state index in [2.05, 4.69) is 21.9 Å². The summed E-state index contributed by atoms with van der Waals surface area (Å²) in [6.07, 6.45) is 7.05. The summed E-state index contributed by atoms with van der Waals surface area (Å²) in [5.74, 6) is 4.15. The third kappa shape index (κ3) is 10.9. The molecule has 4 aromatic carbocycles. The lowest BCUT2D eigenvalue weighted by Crippen LogP contribution is -2.49. The minimum Gasteiger partial charge on any atom is -0.493 e. The van der Waals surface area contributed by atoms with Crippen molar-refractivity contribution in [1.29, 1.82) is 0 Å². The number of hydrogen-bond acceptors (Lipinski definition) is 11. The number of hydrogen-bond donors (Lipinski definition) is 0. The fourth-order valence-corrected chi connectivity index (χ4v) is 7.67. The predicted octanol–water partition coefficient (Wildman–Crippen LogP) is 8.43. The molecule has 0 radical (unpaired) electrons. The molecule has 6 rings (SSSR count). The second kappa shape index (κ2) is 20.2. The summed E-state index contributed by atoms with van der Waals surface area (Å²) in [6.45, 7) is 7.38. The van der Waals surface area contributed by atoms with Crippen LogP contribution >= 0.6 is 11.3 Å². The van der Waals surface area contributed by atoms with Gasteiger partial charge >= 0.3 is 0 Å². The molecule has 1 atom stereocenters. The molecule has 0 aliphatic carbocycles. The molecule has 0 bridgehead atoms. The molecule has 2 heterocycles. The lowest BCUT2D eigenvalue weighted by molar-refractivity contribution is 0.0306. The zero-order chi connectivity index (χ0) is 38.4. The summed E-state index contributed by atoms with van der Waals surface area (Å²) in [5, 5.41) is 0.985. The maximum absolute atomic E-state index is 6.23. The number of benzene rings is 4. The van der Waals surface area contributed by atoms with E-state index in [1.165, 1.54) is 4.70 Å². The third-order valence-corrected chi connectivity index (χ3v) is 10.9. The Hall–Kier alpha value is -4.81. The Kier molecular flexibility index (Phi) is 14.6. The molecule has 1 aliphatic rings. The van der Waals surface area contributed by atoms with E-state index in [0.717, 1.165) is 103 Å². The van der Waals surface area contributed by atoms with Gasteiger partial charge in [0.05, 0.1) is 58.0 Å². The first-order valence-electron chi connectivity index (χ1n) is 18.9. The maximum atomic E-state index is 6.23. The highest BCUT2D eigenvalue weighted by Crippen LogP contribution is 2.39. The Balaban J connectivity index is 0.885. The van der Waals surface area contributed by atoms with Crippen molar-refractivity contribution in [3.8, 4) is 45.1 Å². The van der Waals surface area contributed by atoms with Gasteiger partial charge in [-0.25, -0.2) is 4.98 Å². The molecule has 1 aliphatic heterocycles. The van der Waals surface area contributed by atoms with E-state index in [9.17, 15) is 0 Å². The van der Waals surface area contributed by atoms with Crippen LogP contribution in [0, 0.1) is 0 Å². The van der Waals surface area contributed by atoms with Crippen LogP contribution in [0.1, 0.15) is 30.4 Å². The number of nitrogens with zero attached hydrogens (tertiary/aromatic N) is 3. The van der Waals surface area contributed by atoms with Crippen LogP contribution in [0.15, 0.2) is 78.9 Å². The number of thiazole rings is 1. The smallest absolute Gasteiger partial charge is 0.203 e. The van der Waals surface area contributed by atoms with E-state index in [1.54, 1.807) is 46.9 Å². The Morgan fingerprint density at radius 2 is 1.42 bits per heavy atom. The number of aromatic nitrogens is 1. The maximum Gasteiger partial charge on any atom is 0.203 e. The molecule has 0 amide bonds. The molecule has 55 heavy (non-hydrogen) atoms. The number of para-hydroxylation sites is 1. The third-order valence-electron chi connectivity index (χ3n) is 9.81. The van der Waals surface area contributed by atoms with Crippen molar-refractivity contribution in [2.24, 2.45) is 0 Å². The van der Waals surface area contributed by atoms with Crippen LogP contribution in [0.3, 0.4) is 0 Å². The van der Waals surface area contributed by atoms with Crippen LogP contribution in [0.25, 0.3) is 32.9 Å². The Morgan fingerprint density at radius 1 is 0.673 bits per heavy atom. The summed E-state index contributed by atoms with van der Waals surface area (Å²) in [4.78, 5) is 9.87. The zero-order valence-corrected chi connectivity index (χ0v) is 33.4. The molecule has 292 valence electrons. The first-order valence-corrected chi connectivity index (χ1v) is 19.7. The van der Waals surface area contributed by atoms with Crippen LogP contribution in [0.5, 0.6) is 34.5 Å². The number of fused-ring (bicyclic) bond motifs is 1. The summed E-state index contributed by atoms with van der Waals surface area (Å²) in [5.41, 5.74) is 4.04. The fourth-order valence-electron chi connectivity index (χ4n) is 6.71. The van der Waals surface area contributed by atoms with Gasteiger partial charge in [-0.2, -0.15) is 0 Å². The molecule has 5 aromatic rings. The molecule has 1 saturated heterocycles. The van der Waals surface area contributed by atoms with Gasteiger partial charge in [0, 0.05) is 51.8 Å². The van der Waals surface area contributed by atoms with Gasteiger partial charge in [0.1, 0.15) is 10.8 Å². The summed E-state index contributed by atoms with van der Waals surface area (Å²) in [6, 6.07) is 26.2. The van der Waals surface area contributed by atoms with Gasteiger partial charge < -0.3 is 38.1 Å². The monoisotopic (exact) mass is 767 g/mol. The first kappa shape index (κ1) is 39.9. The van der Waals surface area contributed by atoms with Gasteiger partial charge in [-0.3, -0.25) is 4.90 Å². The SMILES string of the molecule is COc1ccc(-c2nc3ccccc3s2)cc1OCCCCN1CCN(CC(CCOc2cccc(C=Cc3cc(OC)c(OC)c(OC)c3)c2)OC)CC1. The van der Waals surface area contributed by atoms with E-state index in [1.807, 2.05) is 78.9 Å². The highest BCUT2D eigenvalue weighted by Gasteiger charge is 2.20. The van der Waals surface area contributed by atoms with Crippen molar-refractivity contribution in [3.05, 3.63) is 90.0 Å². The van der Waals surface area contributed by atoms with Crippen LogP contribution in [-0.4, -0.2) is 109 Å². The molecular weight excluding hydrogens is 715 g/mol. The Labute approximate surface area is 329 Å². The van der Waals surface area contributed by atoms with Gasteiger partial charge in [-0.1, -0.05) is 36.4 Å². The van der Waals surface area contributed by atoms with Gasteiger partial charge in [-0.05, 0) is 85.1 Å². The van der Waals surface area contributed by atoms with E-state index in [4.69, 9.17) is 38.1 Å². The molecule has 1 unspecified atom stereocenters. The van der Waals surface area contributed by atoms with Crippen molar-refractivity contribution in [3.63, 3.8) is 0 Å². The molecule has 1 fully saturated rings. The quantitative estimate of drug-likeness (QED) is 0.0569. The molecule has 11 heteroatoms. The molecular formula is C44H53N3O7S. The average molecular weight is 768 g/mol. The lowest BCUT2D eigenvalue weighted by Gasteiger charge is -2.36. The molecule has 1 aromatic heterocycles. The average Bonchev–Trinajstić information content (AvgIpc) is 3.67. The van der Waals surface area contributed by atoms with E-state index in [0.29, 0.717) is 30.5 Å². The predicted molar refractivity (Wildman–Crippen MR) is 222 cm³/mol. The summed E-state index contributed by atoms with van der Waals surface area (Å²) < 4.78 is 41.5. The van der Waals surface area contributed by atoms with Crippen LogP contribution < -0.4 is 28.4 Å². The van der Waals surface area contributed by atoms with E-state index in [-0.39, 0.29) is 6.10 Å². The standard InChI is InChI=1S/C44H53N3O7S/c1-48-36(19-26-53-35-12-10-11-32(27-35)15-16-33-28-40(50-3)43(52-5)41(29-33)51-4)31-47-23-21-46(22-24-47)20-8-9-25-54-39-30-34(17-18-38(39)49-2)44-45-37-13-6-7-14-42(37)55-44/h6-7,10-18,27-30,36H,8-9,19-26,31H2,1-5H3. The minimum absolute atomic E-state index is 0.108. The van der Waals surface area contributed by atoms with Crippen LogP contribution in [0.4, 0.5) is 0 Å². The molecule has 0 spiro atoms. The number of piperazine rings is 1. The van der Waals surface area contributed by atoms with Gasteiger partial charge in [0.15, 0.2) is 23.0 Å². The van der Waals surface area contributed by atoms with Crippen molar-refractivity contribution in [2.45, 2.75) is 25.4 Å². The fraction of sp³-hybridized carbons (Fsp3) is 0.386. The summed E-state index contributed by atoms with van der Waals surface area (Å²) in [7, 11) is 8.32.